The molecule has 0 amide bonds. The van der Waals surface area contributed by atoms with Gasteiger partial charge in [0, 0.05) is 6.42 Å². The molecule has 1 rings (SSSR count). The van der Waals surface area contributed by atoms with Gasteiger partial charge >= 0.3 is 6.18 Å². The fourth-order valence-electron chi connectivity index (χ4n) is 1.21. The van der Waals surface area contributed by atoms with E-state index in [-0.39, 0.29) is 0 Å². The number of hydrogen-bond acceptors (Lipinski definition) is 0. The summed E-state index contributed by atoms with van der Waals surface area (Å²) in [6.45, 7) is 0.479. The molecular weight excluding hydrogens is 179 g/mol. The van der Waals surface area contributed by atoms with Gasteiger partial charge in [0.1, 0.15) is 0 Å². The van der Waals surface area contributed by atoms with Crippen molar-refractivity contribution in [1.82, 2.24) is 0 Å². The molecule has 0 radical (unpaired) electrons. The number of quaternary nitrogens is 1. The maximum Gasteiger partial charge on any atom is 0.416 e. The number of alkyl halides is 3. The van der Waals surface area contributed by atoms with E-state index >= 15 is 0 Å². The molecule has 72 valence electrons. The third-order valence-corrected chi connectivity index (χ3v) is 1.77. The van der Waals surface area contributed by atoms with E-state index in [1.165, 1.54) is 12.1 Å². The second-order valence-electron chi connectivity index (χ2n) is 2.76. The lowest BCUT2D eigenvalue weighted by Gasteiger charge is -2.10. The highest BCUT2D eigenvalue weighted by molar-refractivity contribution is 5.29. The number of benzene rings is 1. The first-order chi connectivity index (χ1) is 6.05. The molecule has 1 nitrogen and oxygen atoms in total. The molecule has 0 bridgehead atoms. The van der Waals surface area contributed by atoms with Crippen LogP contribution in [0.3, 0.4) is 0 Å². The highest BCUT2D eigenvalue weighted by atomic mass is 19.4. The molecule has 0 aliphatic rings. The Hall–Kier alpha value is -1.03. The third kappa shape index (κ3) is 2.45. The molecule has 0 fully saturated rings. The Bertz CT molecular complexity index is 280. The van der Waals surface area contributed by atoms with Crippen LogP contribution in [0.25, 0.3) is 0 Å². The molecule has 0 aliphatic carbocycles. The van der Waals surface area contributed by atoms with Crippen LogP contribution in [0.4, 0.5) is 13.2 Å². The molecule has 0 aromatic heterocycles. The summed E-state index contributed by atoms with van der Waals surface area (Å²) in [7, 11) is 0. The van der Waals surface area contributed by atoms with Gasteiger partial charge in [-0.3, -0.25) is 0 Å². The van der Waals surface area contributed by atoms with E-state index in [4.69, 9.17) is 0 Å². The van der Waals surface area contributed by atoms with Crippen molar-refractivity contribution in [3.63, 3.8) is 0 Å². The molecule has 0 heterocycles. The topological polar surface area (TPSA) is 27.6 Å². The fourth-order valence-corrected chi connectivity index (χ4v) is 1.21. The second kappa shape index (κ2) is 3.79. The zero-order valence-electron chi connectivity index (χ0n) is 7.06. The van der Waals surface area contributed by atoms with Crippen molar-refractivity contribution in [2.24, 2.45) is 0 Å². The zero-order chi connectivity index (χ0) is 9.90. The van der Waals surface area contributed by atoms with E-state index in [0.29, 0.717) is 18.5 Å². The van der Waals surface area contributed by atoms with Crippen molar-refractivity contribution in [3.05, 3.63) is 35.4 Å². The molecule has 4 heteroatoms. The van der Waals surface area contributed by atoms with Crippen LogP contribution in [-0.2, 0) is 12.6 Å². The summed E-state index contributed by atoms with van der Waals surface area (Å²) in [6.07, 6.45) is -3.87. The Balaban J connectivity index is 3.05. The standard InChI is InChI=1S/C9H10F3N/c10-9(11,12)8-4-2-1-3-7(8)5-6-13/h1-4H,5-6,13H2/p+1. The van der Waals surface area contributed by atoms with Crippen molar-refractivity contribution >= 4 is 0 Å². The molecule has 0 saturated heterocycles. The largest absolute Gasteiger partial charge is 0.416 e. The summed E-state index contributed by atoms with van der Waals surface area (Å²) >= 11 is 0. The first-order valence-corrected chi connectivity index (χ1v) is 4.00. The monoisotopic (exact) mass is 190 g/mol. The molecule has 3 N–H and O–H groups in total. The van der Waals surface area contributed by atoms with Crippen LogP contribution in [0.2, 0.25) is 0 Å². The van der Waals surface area contributed by atoms with E-state index in [9.17, 15) is 13.2 Å². The smallest absolute Gasteiger partial charge is 0.357 e. The van der Waals surface area contributed by atoms with E-state index in [0.717, 1.165) is 6.07 Å². The molecule has 0 unspecified atom stereocenters. The highest BCUT2D eigenvalue weighted by Gasteiger charge is 2.32. The summed E-state index contributed by atoms with van der Waals surface area (Å²) in [6, 6.07) is 5.61. The highest BCUT2D eigenvalue weighted by Crippen LogP contribution is 2.31. The fraction of sp³-hybridized carbons (Fsp3) is 0.333. The van der Waals surface area contributed by atoms with Crippen LogP contribution in [0.15, 0.2) is 24.3 Å². The molecule has 0 saturated carbocycles. The van der Waals surface area contributed by atoms with Gasteiger partial charge in [-0.05, 0) is 11.6 Å². The van der Waals surface area contributed by atoms with Crippen LogP contribution in [0.1, 0.15) is 11.1 Å². The minimum atomic E-state index is -4.24. The van der Waals surface area contributed by atoms with E-state index in [2.05, 4.69) is 5.73 Å². The van der Waals surface area contributed by atoms with Gasteiger partial charge in [-0.1, -0.05) is 18.2 Å². The Morgan fingerprint density at radius 1 is 1.15 bits per heavy atom. The van der Waals surface area contributed by atoms with Crippen molar-refractivity contribution in [2.75, 3.05) is 6.54 Å². The van der Waals surface area contributed by atoms with Gasteiger partial charge in [0.15, 0.2) is 0 Å². The van der Waals surface area contributed by atoms with Gasteiger partial charge < -0.3 is 5.73 Å². The number of rotatable bonds is 2. The van der Waals surface area contributed by atoms with Crippen LogP contribution < -0.4 is 5.73 Å². The lowest BCUT2D eigenvalue weighted by molar-refractivity contribution is -0.366. The summed E-state index contributed by atoms with van der Waals surface area (Å²) in [5, 5.41) is 0. The van der Waals surface area contributed by atoms with Crippen molar-refractivity contribution in [1.29, 1.82) is 0 Å². The first-order valence-electron chi connectivity index (χ1n) is 4.00. The van der Waals surface area contributed by atoms with E-state index in [1.807, 2.05) is 0 Å². The predicted molar refractivity (Wildman–Crippen MR) is 42.9 cm³/mol. The summed E-state index contributed by atoms with van der Waals surface area (Å²) < 4.78 is 37.1. The lowest BCUT2D eigenvalue weighted by Crippen LogP contribution is -2.51. The Morgan fingerprint density at radius 3 is 2.31 bits per heavy atom. The van der Waals surface area contributed by atoms with E-state index < -0.39 is 11.7 Å². The van der Waals surface area contributed by atoms with Gasteiger partial charge in [-0.25, -0.2) is 0 Å². The third-order valence-electron chi connectivity index (χ3n) is 1.77. The molecular formula is C9H11F3N+. The Kier molecular flexibility index (Phi) is 2.93. The van der Waals surface area contributed by atoms with Gasteiger partial charge in [-0.15, -0.1) is 0 Å². The van der Waals surface area contributed by atoms with Crippen LogP contribution >= 0.6 is 0 Å². The van der Waals surface area contributed by atoms with Gasteiger partial charge in [-0.2, -0.15) is 13.2 Å². The summed E-state index contributed by atoms with van der Waals surface area (Å²) in [5.41, 5.74) is 3.32. The van der Waals surface area contributed by atoms with Crippen molar-refractivity contribution in [2.45, 2.75) is 12.6 Å². The second-order valence-corrected chi connectivity index (χ2v) is 2.76. The normalized spacial score (nSPS) is 11.7. The lowest BCUT2D eigenvalue weighted by atomic mass is 10.0. The molecule has 0 aliphatic heterocycles. The predicted octanol–water partition coefficient (Wildman–Crippen LogP) is 1.49. The molecule has 0 spiro atoms. The molecule has 0 atom stereocenters. The van der Waals surface area contributed by atoms with Crippen molar-refractivity contribution < 1.29 is 18.9 Å². The molecule has 1 aromatic carbocycles. The average molecular weight is 190 g/mol. The minimum Gasteiger partial charge on any atom is -0.357 e. The number of halogens is 3. The van der Waals surface area contributed by atoms with Gasteiger partial charge in [0.2, 0.25) is 0 Å². The van der Waals surface area contributed by atoms with Crippen LogP contribution in [0.5, 0.6) is 0 Å². The summed E-state index contributed by atoms with van der Waals surface area (Å²) in [5.74, 6) is 0. The maximum absolute atomic E-state index is 12.4. The quantitative estimate of drug-likeness (QED) is 0.731. The summed E-state index contributed by atoms with van der Waals surface area (Å²) in [4.78, 5) is 0. The minimum absolute atomic E-state index is 0.324. The van der Waals surface area contributed by atoms with Gasteiger partial charge in [0.25, 0.3) is 0 Å². The van der Waals surface area contributed by atoms with E-state index in [1.54, 1.807) is 6.07 Å². The van der Waals surface area contributed by atoms with Crippen molar-refractivity contribution in [3.8, 4) is 0 Å². The first kappa shape index (κ1) is 10.1. The SMILES string of the molecule is [NH3+]CCc1ccccc1C(F)(F)F. The zero-order valence-corrected chi connectivity index (χ0v) is 7.06. The Labute approximate surface area is 74.4 Å². The molecule has 13 heavy (non-hydrogen) atoms. The maximum atomic E-state index is 12.4. The van der Waals surface area contributed by atoms with Crippen LogP contribution in [-0.4, -0.2) is 6.54 Å². The average Bonchev–Trinajstić information content (AvgIpc) is 2.04. The van der Waals surface area contributed by atoms with Crippen LogP contribution in [0, 0.1) is 0 Å². The Morgan fingerprint density at radius 2 is 1.77 bits per heavy atom. The number of hydrogen-bond donors (Lipinski definition) is 1. The molecule has 1 aromatic rings. The van der Waals surface area contributed by atoms with Gasteiger partial charge in [0.05, 0.1) is 12.1 Å².